The molecule has 0 spiro atoms. The van der Waals surface area contributed by atoms with Crippen molar-refractivity contribution in [2.75, 3.05) is 19.8 Å². The maximum Gasteiger partial charge on any atom is 0.161 e. The molecule has 2 heterocycles. The van der Waals surface area contributed by atoms with Crippen molar-refractivity contribution in [2.45, 2.75) is 38.8 Å². The summed E-state index contributed by atoms with van der Waals surface area (Å²) in [6.45, 7) is 4.48. The van der Waals surface area contributed by atoms with Crippen molar-refractivity contribution in [2.24, 2.45) is 7.05 Å². The van der Waals surface area contributed by atoms with Crippen LogP contribution in [0, 0.1) is 0 Å². The lowest BCUT2D eigenvalue weighted by Gasteiger charge is -2.13. The first-order valence-electron chi connectivity index (χ1n) is 8.94. The highest BCUT2D eigenvalue weighted by molar-refractivity contribution is 5.66. The van der Waals surface area contributed by atoms with Crippen LogP contribution in [0.2, 0.25) is 0 Å². The van der Waals surface area contributed by atoms with Gasteiger partial charge in [0.1, 0.15) is 0 Å². The SMILES string of the molecule is CC(CCCO)NCc1cn(C)nc1-c1ccc2c(c1)OCCCO2. The van der Waals surface area contributed by atoms with E-state index in [4.69, 9.17) is 14.6 Å². The lowest BCUT2D eigenvalue weighted by Crippen LogP contribution is -2.25. The number of ether oxygens (including phenoxy) is 2. The van der Waals surface area contributed by atoms with E-state index in [1.165, 1.54) is 0 Å². The molecule has 0 amide bonds. The van der Waals surface area contributed by atoms with Gasteiger partial charge in [0, 0.05) is 50.0 Å². The Kier molecular flexibility index (Phi) is 5.94. The molecule has 0 saturated heterocycles. The summed E-state index contributed by atoms with van der Waals surface area (Å²) in [5.74, 6) is 1.59. The molecule has 136 valence electrons. The summed E-state index contributed by atoms with van der Waals surface area (Å²) in [6, 6.07) is 6.37. The minimum absolute atomic E-state index is 0.237. The zero-order valence-corrected chi connectivity index (χ0v) is 15.0. The molecule has 1 aromatic carbocycles. The van der Waals surface area contributed by atoms with E-state index in [1.54, 1.807) is 0 Å². The van der Waals surface area contributed by atoms with Crippen LogP contribution < -0.4 is 14.8 Å². The van der Waals surface area contributed by atoms with Crippen molar-refractivity contribution in [1.82, 2.24) is 15.1 Å². The lowest BCUT2D eigenvalue weighted by molar-refractivity contribution is 0.276. The zero-order valence-electron chi connectivity index (χ0n) is 15.0. The van der Waals surface area contributed by atoms with Crippen molar-refractivity contribution in [3.8, 4) is 22.8 Å². The molecule has 0 saturated carbocycles. The van der Waals surface area contributed by atoms with Gasteiger partial charge in [-0.15, -0.1) is 0 Å². The van der Waals surface area contributed by atoms with Gasteiger partial charge < -0.3 is 19.9 Å². The van der Waals surface area contributed by atoms with Gasteiger partial charge in [0.05, 0.1) is 18.9 Å². The van der Waals surface area contributed by atoms with Gasteiger partial charge in [0.2, 0.25) is 0 Å². The standard InChI is InChI=1S/C19H27N3O3/c1-14(5-3-8-23)20-12-16-13-22(2)21-19(16)15-6-7-17-18(11-15)25-10-4-9-24-17/h6-7,11,13-14,20,23H,3-5,8-10,12H2,1-2H3. The van der Waals surface area contributed by atoms with Gasteiger partial charge >= 0.3 is 0 Å². The molecule has 1 unspecified atom stereocenters. The fourth-order valence-electron chi connectivity index (χ4n) is 3.00. The van der Waals surface area contributed by atoms with Gasteiger partial charge in [0.15, 0.2) is 11.5 Å². The minimum atomic E-state index is 0.237. The fourth-order valence-corrected chi connectivity index (χ4v) is 3.00. The van der Waals surface area contributed by atoms with E-state index < -0.39 is 0 Å². The number of nitrogens with one attached hydrogen (secondary N) is 1. The van der Waals surface area contributed by atoms with Gasteiger partial charge in [-0.05, 0) is 38.0 Å². The summed E-state index contributed by atoms with van der Waals surface area (Å²) < 4.78 is 13.3. The molecule has 1 aliphatic rings. The van der Waals surface area contributed by atoms with E-state index in [2.05, 4.69) is 17.3 Å². The highest BCUT2D eigenvalue weighted by Crippen LogP contribution is 2.34. The number of nitrogens with zero attached hydrogens (tertiary/aromatic N) is 2. The predicted molar refractivity (Wildman–Crippen MR) is 96.9 cm³/mol. The van der Waals surface area contributed by atoms with Crippen molar-refractivity contribution in [1.29, 1.82) is 0 Å². The molecule has 1 aliphatic heterocycles. The van der Waals surface area contributed by atoms with Crippen molar-refractivity contribution in [3.05, 3.63) is 30.0 Å². The summed E-state index contributed by atoms with van der Waals surface area (Å²) in [5.41, 5.74) is 3.14. The molecule has 6 nitrogen and oxygen atoms in total. The van der Waals surface area contributed by atoms with Gasteiger partial charge in [-0.1, -0.05) is 0 Å². The lowest BCUT2D eigenvalue weighted by atomic mass is 10.1. The highest BCUT2D eigenvalue weighted by atomic mass is 16.5. The summed E-state index contributed by atoms with van der Waals surface area (Å²) >= 11 is 0. The summed E-state index contributed by atoms with van der Waals surface area (Å²) in [4.78, 5) is 0. The number of hydrogen-bond acceptors (Lipinski definition) is 5. The molecule has 25 heavy (non-hydrogen) atoms. The Morgan fingerprint density at radius 1 is 1.28 bits per heavy atom. The third-order valence-electron chi connectivity index (χ3n) is 4.36. The summed E-state index contributed by atoms with van der Waals surface area (Å²) in [6.07, 6.45) is 4.71. The van der Waals surface area contributed by atoms with Crippen LogP contribution in [0.4, 0.5) is 0 Å². The zero-order chi connectivity index (χ0) is 17.6. The molecule has 0 aliphatic carbocycles. The number of aliphatic hydroxyl groups is 1. The molecule has 0 radical (unpaired) electrons. The molecule has 1 atom stereocenters. The number of fused-ring (bicyclic) bond motifs is 1. The largest absolute Gasteiger partial charge is 0.490 e. The number of aliphatic hydroxyl groups excluding tert-OH is 1. The van der Waals surface area contributed by atoms with Gasteiger partial charge in [-0.2, -0.15) is 5.10 Å². The smallest absolute Gasteiger partial charge is 0.161 e. The topological polar surface area (TPSA) is 68.5 Å². The maximum atomic E-state index is 8.95. The molecule has 0 fully saturated rings. The van der Waals surface area contributed by atoms with Gasteiger partial charge in [-0.25, -0.2) is 0 Å². The molecule has 1 aromatic heterocycles. The molecule has 2 N–H and O–H groups in total. The predicted octanol–water partition coefficient (Wildman–Crippen LogP) is 2.50. The number of aryl methyl sites for hydroxylation is 1. The normalized spacial score (nSPS) is 15.0. The number of aromatic nitrogens is 2. The molecule has 6 heteroatoms. The van der Waals surface area contributed by atoms with Crippen LogP contribution >= 0.6 is 0 Å². The Hall–Kier alpha value is -2.05. The third kappa shape index (κ3) is 4.52. The monoisotopic (exact) mass is 345 g/mol. The first-order valence-corrected chi connectivity index (χ1v) is 8.94. The Balaban J connectivity index is 1.77. The summed E-state index contributed by atoms with van der Waals surface area (Å²) in [7, 11) is 1.94. The van der Waals surface area contributed by atoms with Crippen molar-refractivity contribution in [3.63, 3.8) is 0 Å². The highest BCUT2D eigenvalue weighted by Gasteiger charge is 2.16. The number of hydrogen-bond donors (Lipinski definition) is 2. The molecule has 0 bridgehead atoms. The number of rotatable bonds is 7. The van der Waals surface area contributed by atoms with E-state index in [1.807, 2.05) is 36.1 Å². The molecule has 3 rings (SSSR count). The van der Waals surface area contributed by atoms with E-state index in [0.29, 0.717) is 19.3 Å². The average Bonchev–Trinajstić information content (AvgIpc) is 2.83. The first-order chi connectivity index (χ1) is 12.2. The second-order valence-corrected chi connectivity index (χ2v) is 6.54. The average molecular weight is 345 g/mol. The molecular formula is C19H27N3O3. The first kappa shape index (κ1) is 17.8. The van der Waals surface area contributed by atoms with E-state index in [0.717, 1.165) is 54.1 Å². The summed E-state index contributed by atoms with van der Waals surface area (Å²) in [5, 5.41) is 17.1. The van der Waals surface area contributed by atoms with E-state index in [-0.39, 0.29) is 6.61 Å². The molecular weight excluding hydrogens is 318 g/mol. The van der Waals surface area contributed by atoms with E-state index in [9.17, 15) is 0 Å². The molecule has 2 aromatic rings. The third-order valence-corrected chi connectivity index (χ3v) is 4.36. The van der Waals surface area contributed by atoms with Crippen LogP contribution in [0.15, 0.2) is 24.4 Å². The fraction of sp³-hybridized carbons (Fsp3) is 0.526. The Labute approximate surface area is 148 Å². The Morgan fingerprint density at radius 3 is 2.88 bits per heavy atom. The van der Waals surface area contributed by atoms with E-state index >= 15 is 0 Å². The second-order valence-electron chi connectivity index (χ2n) is 6.54. The minimum Gasteiger partial charge on any atom is -0.490 e. The van der Waals surface area contributed by atoms with Crippen LogP contribution in [-0.4, -0.2) is 40.7 Å². The van der Waals surface area contributed by atoms with Crippen molar-refractivity contribution >= 4 is 0 Å². The Morgan fingerprint density at radius 2 is 2.08 bits per heavy atom. The Bertz CT molecular complexity index is 699. The van der Waals surface area contributed by atoms with Gasteiger partial charge in [-0.3, -0.25) is 4.68 Å². The van der Waals surface area contributed by atoms with Crippen LogP contribution in [-0.2, 0) is 13.6 Å². The van der Waals surface area contributed by atoms with Crippen LogP contribution in [0.5, 0.6) is 11.5 Å². The van der Waals surface area contributed by atoms with Crippen LogP contribution in [0.3, 0.4) is 0 Å². The second kappa shape index (κ2) is 8.36. The van der Waals surface area contributed by atoms with Crippen molar-refractivity contribution < 1.29 is 14.6 Å². The van der Waals surface area contributed by atoms with Crippen LogP contribution in [0.25, 0.3) is 11.3 Å². The number of benzene rings is 1. The van der Waals surface area contributed by atoms with Gasteiger partial charge in [0.25, 0.3) is 0 Å². The quantitative estimate of drug-likeness (QED) is 0.807. The maximum absolute atomic E-state index is 8.95. The van der Waals surface area contributed by atoms with Crippen LogP contribution in [0.1, 0.15) is 31.7 Å².